The Balaban J connectivity index is 0.00000264. The predicted octanol–water partition coefficient (Wildman–Crippen LogP) is 3.54. The number of imidazole rings is 1. The van der Waals surface area contributed by atoms with Crippen molar-refractivity contribution in [3.8, 4) is 0 Å². The van der Waals surface area contributed by atoms with Crippen LogP contribution in [0.2, 0.25) is 0 Å². The lowest BCUT2D eigenvalue weighted by Crippen LogP contribution is -2.44. The number of halogens is 1. The van der Waals surface area contributed by atoms with Crippen LogP contribution in [0.5, 0.6) is 0 Å². The molecule has 1 heterocycles. The number of aromatic nitrogens is 2. The van der Waals surface area contributed by atoms with E-state index in [9.17, 15) is 0 Å². The van der Waals surface area contributed by atoms with Crippen LogP contribution in [0.3, 0.4) is 0 Å². The molecule has 1 aliphatic carbocycles. The molecule has 0 unspecified atom stereocenters. The van der Waals surface area contributed by atoms with E-state index < -0.39 is 0 Å². The Morgan fingerprint density at radius 2 is 2.09 bits per heavy atom. The molecule has 1 saturated carbocycles. The first-order valence-corrected chi connectivity index (χ1v) is 8.74. The molecule has 0 bridgehead atoms. The van der Waals surface area contributed by atoms with Gasteiger partial charge in [-0.05, 0) is 25.7 Å². The van der Waals surface area contributed by atoms with Gasteiger partial charge in [0.2, 0.25) is 0 Å². The Hall–Kier alpha value is -0.790. The fourth-order valence-electron chi connectivity index (χ4n) is 2.96. The first-order chi connectivity index (χ1) is 10.7. The molecule has 6 heteroatoms. The second-order valence-corrected chi connectivity index (χ2v) is 6.56. The Kier molecular flexibility index (Phi) is 9.59. The van der Waals surface area contributed by atoms with Gasteiger partial charge in [0.05, 0.1) is 0 Å². The summed E-state index contributed by atoms with van der Waals surface area (Å²) < 4.78 is 2.21. The molecule has 0 amide bonds. The maximum atomic E-state index is 4.73. The smallest absolute Gasteiger partial charge is 0.191 e. The van der Waals surface area contributed by atoms with E-state index in [1.807, 2.05) is 12.4 Å². The molecule has 0 saturated heterocycles. The van der Waals surface area contributed by atoms with Crippen molar-refractivity contribution in [1.29, 1.82) is 0 Å². The molecule has 5 nitrogen and oxygen atoms in total. The van der Waals surface area contributed by atoms with Crippen molar-refractivity contribution in [2.75, 3.05) is 6.54 Å². The Morgan fingerprint density at radius 1 is 1.35 bits per heavy atom. The van der Waals surface area contributed by atoms with Crippen molar-refractivity contribution < 1.29 is 0 Å². The monoisotopic (exact) mass is 433 g/mol. The van der Waals surface area contributed by atoms with Crippen LogP contribution < -0.4 is 10.6 Å². The van der Waals surface area contributed by atoms with Gasteiger partial charge >= 0.3 is 0 Å². The van der Waals surface area contributed by atoms with E-state index in [2.05, 4.69) is 41.0 Å². The lowest BCUT2D eigenvalue weighted by Gasteiger charge is -2.24. The number of hydrogen-bond acceptors (Lipinski definition) is 2. The molecule has 2 rings (SSSR count). The summed E-state index contributed by atoms with van der Waals surface area (Å²) >= 11 is 0. The zero-order valence-corrected chi connectivity index (χ0v) is 17.0. The second-order valence-electron chi connectivity index (χ2n) is 6.56. The standard InChI is InChI=1S/C17H31N5.HI/c1-4-18-17(21-15-8-6-5-7-9-15)20-12-16-19-10-11-22(16)13-14(2)3;/h10-11,14-15H,4-9,12-13H2,1-3H3,(H2,18,20,21);1H. The molecule has 0 atom stereocenters. The van der Waals surface area contributed by atoms with Crippen LogP contribution in [0, 0.1) is 5.92 Å². The largest absolute Gasteiger partial charge is 0.357 e. The minimum absolute atomic E-state index is 0. The van der Waals surface area contributed by atoms with Crippen molar-refractivity contribution in [1.82, 2.24) is 20.2 Å². The number of rotatable bonds is 6. The van der Waals surface area contributed by atoms with Crippen LogP contribution in [-0.4, -0.2) is 28.1 Å². The van der Waals surface area contributed by atoms with E-state index in [1.54, 1.807) is 0 Å². The Morgan fingerprint density at radius 3 is 2.74 bits per heavy atom. The summed E-state index contributed by atoms with van der Waals surface area (Å²) in [5, 5.41) is 6.94. The van der Waals surface area contributed by atoms with Crippen LogP contribution in [0.15, 0.2) is 17.4 Å². The van der Waals surface area contributed by atoms with Crippen molar-refractivity contribution in [3.63, 3.8) is 0 Å². The predicted molar refractivity (Wildman–Crippen MR) is 107 cm³/mol. The SMILES string of the molecule is CCNC(=NCc1nccn1CC(C)C)NC1CCCCC1.I. The first-order valence-electron chi connectivity index (χ1n) is 8.74. The highest BCUT2D eigenvalue weighted by molar-refractivity contribution is 14.0. The zero-order valence-electron chi connectivity index (χ0n) is 14.7. The quantitative estimate of drug-likeness (QED) is 0.410. The Bertz CT molecular complexity index is 463. The van der Waals surface area contributed by atoms with Gasteiger partial charge in [-0.15, -0.1) is 24.0 Å². The van der Waals surface area contributed by atoms with Crippen LogP contribution in [0.1, 0.15) is 58.7 Å². The first kappa shape index (κ1) is 20.3. The average Bonchev–Trinajstić information content (AvgIpc) is 2.92. The van der Waals surface area contributed by atoms with Gasteiger partial charge in [-0.2, -0.15) is 0 Å². The van der Waals surface area contributed by atoms with E-state index in [0.717, 1.165) is 24.9 Å². The summed E-state index contributed by atoms with van der Waals surface area (Å²) in [5.74, 6) is 2.58. The Labute approximate surface area is 157 Å². The zero-order chi connectivity index (χ0) is 15.8. The lowest BCUT2D eigenvalue weighted by atomic mass is 9.96. The van der Waals surface area contributed by atoms with E-state index in [-0.39, 0.29) is 24.0 Å². The summed E-state index contributed by atoms with van der Waals surface area (Å²) in [4.78, 5) is 9.18. The molecule has 0 radical (unpaired) electrons. The van der Waals surface area contributed by atoms with Gasteiger partial charge in [0.15, 0.2) is 5.96 Å². The summed E-state index contributed by atoms with van der Waals surface area (Å²) in [5.41, 5.74) is 0. The van der Waals surface area contributed by atoms with Crippen molar-refractivity contribution in [2.24, 2.45) is 10.9 Å². The number of hydrogen-bond donors (Lipinski definition) is 2. The van der Waals surface area contributed by atoms with Gasteiger partial charge in [0, 0.05) is 31.5 Å². The minimum Gasteiger partial charge on any atom is -0.357 e. The van der Waals surface area contributed by atoms with Gasteiger partial charge in [-0.3, -0.25) is 0 Å². The molecule has 23 heavy (non-hydrogen) atoms. The highest BCUT2D eigenvalue weighted by Crippen LogP contribution is 2.17. The number of guanidine groups is 1. The fourth-order valence-corrected chi connectivity index (χ4v) is 2.96. The second kappa shape index (κ2) is 10.9. The summed E-state index contributed by atoms with van der Waals surface area (Å²) in [7, 11) is 0. The van der Waals surface area contributed by atoms with Gasteiger partial charge in [-0.25, -0.2) is 9.98 Å². The average molecular weight is 433 g/mol. The molecule has 0 aromatic carbocycles. The van der Waals surface area contributed by atoms with Crippen LogP contribution in [0.4, 0.5) is 0 Å². The third kappa shape index (κ3) is 7.10. The van der Waals surface area contributed by atoms with Crippen LogP contribution in [-0.2, 0) is 13.1 Å². The number of nitrogens with zero attached hydrogens (tertiary/aromatic N) is 3. The normalized spacial score (nSPS) is 16.3. The maximum Gasteiger partial charge on any atom is 0.191 e. The van der Waals surface area contributed by atoms with E-state index in [1.165, 1.54) is 32.1 Å². The highest BCUT2D eigenvalue weighted by Gasteiger charge is 2.14. The summed E-state index contributed by atoms with van der Waals surface area (Å²) in [6.45, 7) is 9.07. The molecule has 0 spiro atoms. The molecule has 132 valence electrons. The minimum atomic E-state index is 0. The molecular weight excluding hydrogens is 401 g/mol. The van der Waals surface area contributed by atoms with Crippen molar-refractivity contribution >= 4 is 29.9 Å². The third-order valence-corrected chi connectivity index (χ3v) is 4.03. The van der Waals surface area contributed by atoms with Gasteiger partial charge in [-0.1, -0.05) is 33.1 Å². The maximum absolute atomic E-state index is 4.73. The fraction of sp³-hybridized carbons (Fsp3) is 0.765. The van der Waals surface area contributed by atoms with Crippen LogP contribution in [0.25, 0.3) is 0 Å². The molecular formula is C17H32IN5. The molecule has 1 aromatic rings. The number of aliphatic imine (C=N–C) groups is 1. The van der Waals surface area contributed by atoms with Crippen molar-refractivity contribution in [2.45, 2.75) is 72.0 Å². The lowest BCUT2D eigenvalue weighted by molar-refractivity contribution is 0.410. The van der Waals surface area contributed by atoms with Gasteiger partial charge in [0.25, 0.3) is 0 Å². The molecule has 2 N–H and O–H groups in total. The highest BCUT2D eigenvalue weighted by atomic mass is 127. The van der Waals surface area contributed by atoms with Gasteiger partial charge < -0.3 is 15.2 Å². The van der Waals surface area contributed by atoms with E-state index in [0.29, 0.717) is 18.5 Å². The van der Waals surface area contributed by atoms with Crippen molar-refractivity contribution in [3.05, 3.63) is 18.2 Å². The van der Waals surface area contributed by atoms with Gasteiger partial charge in [0.1, 0.15) is 12.4 Å². The molecule has 1 fully saturated rings. The molecule has 0 aliphatic heterocycles. The molecule has 1 aromatic heterocycles. The topological polar surface area (TPSA) is 54.2 Å². The third-order valence-electron chi connectivity index (χ3n) is 4.03. The number of nitrogens with one attached hydrogen (secondary N) is 2. The summed E-state index contributed by atoms with van der Waals surface area (Å²) in [6.07, 6.45) is 10.5. The van der Waals surface area contributed by atoms with E-state index in [4.69, 9.17) is 4.99 Å². The molecule has 1 aliphatic rings. The van der Waals surface area contributed by atoms with E-state index >= 15 is 0 Å². The van der Waals surface area contributed by atoms with Crippen LogP contribution >= 0.6 is 24.0 Å². The summed E-state index contributed by atoms with van der Waals surface area (Å²) in [6, 6.07) is 0.571.